The Morgan fingerprint density at radius 2 is 1.33 bits per heavy atom. The average Bonchev–Trinajstić information content (AvgIpc) is 3.64. The predicted molar refractivity (Wildman–Crippen MR) is 208 cm³/mol. The van der Waals surface area contributed by atoms with E-state index in [0.29, 0.717) is 31.9 Å². The molecule has 0 spiro atoms. The predicted octanol–water partition coefficient (Wildman–Crippen LogP) is 3.32. The number of aliphatic hydroxyl groups excluding tert-OH is 1. The fourth-order valence-corrected chi connectivity index (χ4v) is 9.89. The highest BCUT2D eigenvalue weighted by Gasteiger charge is 2.38. The largest absolute Gasteiger partial charge is 0.497 e. The zero-order valence-electron chi connectivity index (χ0n) is 29.8. The number of methoxy groups -OCH3 is 3. The van der Waals surface area contributed by atoms with Crippen molar-refractivity contribution < 1.29 is 46.1 Å². The number of hydrogen-bond donors (Lipinski definition) is 4. The number of sulfonamides is 2. The third kappa shape index (κ3) is 10.3. The van der Waals surface area contributed by atoms with Gasteiger partial charge < -0.3 is 29.7 Å². The highest BCUT2D eigenvalue weighted by molar-refractivity contribution is 14.1. The van der Waals surface area contributed by atoms with Crippen molar-refractivity contribution in [3.8, 4) is 28.6 Å². The molecule has 1 unspecified atom stereocenters. The first kappa shape index (κ1) is 41.3. The number of aliphatic hydroxyl groups is 1. The zero-order valence-corrected chi connectivity index (χ0v) is 33.6. The molecule has 55 heavy (non-hydrogen) atoms. The normalized spacial score (nSPS) is 12.3. The van der Waals surface area contributed by atoms with Crippen molar-refractivity contribution in [1.82, 2.24) is 34.6 Å². The van der Waals surface area contributed by atoms with E-state index in [0.717, 1.165) is 15.9 Å². The van der Waals surface area contributed by atoms with Crippen molar-refractivity contribution in [2.75, 3.05) is 34.5 Å². The summed E-state index contributed by atoms with van der Waals surface area (Å²) in [5.74, 6) is 1.57. The molecule has 292 valence electrons. The zero-order chi connectivity index (χ0) is 39.8. The number of benzene rings is 4. The number of rotatable bonds is 18. The molecule has 0 radical (unpaired) electrons. The number of ether oxygens (including phenoxy) is 3. The van der Waals surface area contributed by atoms with Gasteiger partial charge in [0.25, 0.3) is 0 Å². The fraction of sp³-hybridized carbons (Fsp3) is 0.257. The van der Waals surface area contributed by atoms with Crippen molar-refractivity contribution >= 4 is 48.7 Å². The van der Waals surface area contributed by atoms with Crippen LogP contribution >= 0.6 is 22.6 Å². The van der Waals surface area contributed by atoms with Gasteiger partial charge in [0.2, 0.25) is 25.9 Å². The van der Waals surface area contributed by atoms with Crippen LogP contribution in [0.15, 0.2) is 94.7 Å². The first-order valence-corrected chi connectivity index (χ1v) is 20.4. The van der Waals surface area contributed by atoms with Crippen molar-refractivity contribution in [3.63, 3.8) is 0 Å². The SMILES string of the molecule is COc1ccc(CN(Cc2ccc(OC)cc2)S(=O)(=O)c2c(S(=O)(=O)NC(CO)CNC(=O)O)ccc(I)c2-c2nnn(Cc3ccc(OC)cc3)n2)cc1. The van der Waals surface area contributed by atoms with Crippen LogP contribution in [0.25, 0.3) is 11.4 Å². The molecule has 1 aromatic heterocycles. The van der Waals surface area contributed by atoms with Crippen molar-refractivity contribution in [2.24, 2.45) is 0 Å². The summed E-state index contributed by atoms with van der Waals surface area (Å²) in [5, 5.41) is 33.9. The van der Waals surface area contributed by atoms with E-state index in [1.165, 1.54) is 25.1 Å². The fourth-order valence-electron chi connectivity index (χ4n) is 5.38. The monoisotopic (exact) mass is 907 g/mol. The topological polar surface area (TPSA) is 224 Å². The van der Waals surface area contributed by atoms with Crippen molar-refractivity contribution in [2.45, 2.75) is 35.5 Å². The lowest BCUT2D eigenvalue weighted by Gasteiger charge is -2.26. The van der Waals surface area contributed by atoms with E-state index in [2.05, 4.69) is 20.1 Å². The van der Waals surface area contributed by atoms with Crippen LogP contribution in [-0.4, -0.2) is 98.2 Å². The van der Waals surface area contributed by atoms with E-state index in [1.807, 2.05) is 27.9 Å². The maximum Gasteiger partial charge on any atom is 0.404 e. The molecule has 0 aliphatic carbocycles. The van der Waals surface area contributed by atoms with Crippen LogP contribution in [0.5, 0.6) is 17.2 Å². The van der Waals surface area contributed by atoms with Gasteiger partial charge in [0.1, 0.15) is 27.0 Å². The summed E-state index contributed by atoms with van der Waals surface area (Å²) < 4.78 is 78.4. The standard InChI is InChI=1S/C35H38IN7O10S2/c1-51-27-10-4-23(5-11-27)19-42(20-24-6-12-28(52-2)13-7-24)55(49,50)33-31(54(47,48)40-26(22-44)18-37-35(45)46)17-16-30(36)32(33)34-38-41-43(39-34)21-25-8-14-29(53-3)15-9-25/h4-17,26,37,40,44H,18-22H2,1-3H3,(H,45,46). The second kappa shape index (κ2) is 18.2. The number of carboxylic acid groups (broad SMARTS) is 1. The molecule has 0 saturated carbocycles. The molecule has 5 rings (SSSR count). The van der Waals surface area contributed by atoms with Gasteiger partial charge in [0, 0.05) is 23.2 Å². The Balaban J connectivity index is 1.69. The first-order valence-electron chi connectivity index (χ1n) is 16.4. The third-order valence-corrected chi connectivity index (χ3v) is 12.7. The van der Waals surface area contributed by atoms with Crippen LogP contribution in [-0.2, 0) is 39.7 Å². The van der Waals surface area contributed by atoms with Gasteiger partial charge in [-0.2, -0.15) is 9.10 Å². The van der Waals surface area contributed by atoms with Crippen LogP contribution < -0.4 is 24.2 Å². The smallest absolute Gasteiger partial charge is 0.404 e. The van der Waals surface area contributed by atoms with Crippen LogP contribution in [0, 0.1) is 3.57 Å². The molecule has 4 N–H and O–H groups in total. The maximum atomic E-state index is 15.3. The van der Waals surface area contributed by atoms with Gasteiger partial charge in [0.05, 0.1) is 46.1 Å². The van der Waals surface area contributed by atoms with Gasteiger partial charge in [-0.15, -0.1) is 10.2 Å². The highest BCUT2D eigenvalue weighted by atomic mass is 127. The molecule has 20 heteroatoms. The Kier molecular flexibility index (Phi) is 13.6. The molecule has 0 saturated heterocycles. The van der Waals surface area contributed by atoms with Gasteiger partial charge in [0.15, 0.2) is 0 Å². The molecule has 1 atom stereocenters. The minimum absolute atomic E-state index is 0.136. The van der Waals surface area contributed by atoms with E-state index in [1.54, 1.807) is 79.9 Å². The van der Waals surface area contributed by atoms with Crippen molar-refractivity contribution in [1.29, 1.82) is 0 Å². The summed E-state index contributed by atoms with van der Waals surface area (Å²) in [4.78, 5) is 11.1. The number of amides is 1. The molecule has 0 aliphatic heterocycles. The first-order chi connectivity index (χ1) is 26.3. The summed E-state index contributed by atoms with van der Waals surface area (Å²) in [5.41, 5.74) is 1.78. The minimum atomic E-state index is -4.83. The summed E-state index contributed by atoms with van der Waals surface area (Å²) in [6.07, 6.45) is -1.45. The molecule has 1 heterocycles. The number of tetrazole rings is 1. The quantitative estimate of drug-likeness (QED) is 0.0928. The second-order valence-corrected chi connectivity index (χ2v) is 16.6. The summed E-state index contributed by atoms with van der Waals surface area (Å²) >= 11 is 1.88. The summed E-state index contributed by atoms with van der Waals surface area (Å²) in [7, 11) is -5.08. The Hall–Kier alpha value is -4.87. The van der Waals surface area contributed by atoms with E-state index in [4.69, 9.17) is 19.3 Å². The maximum absolute atomic E-state index is 15.3. The Morgan fingerprint density at radius 3 is 1.80 bits per heavy atom. The van der Waals surface area contributed by atoms with Gasteiger partial charge in [-0.25, -0.2) is 26.4 Å². The number of nitrogens with one attached hydrogen (secondary N) is 2. The lowest BCUT2D eigenvalue weighted by atomic mass is 10.2. The van der Waals surface area contributed by atoms with Gasteiger partial charge >= 0.3 is 6.09 Å². The molecular weight excluding hydrogens is 869 g/mol. The Bertz CT molecular complexity index is 2260. The molecule has 5 aromatic rings. The molecular formula is C35H38IN7O10S2. The van der Waals surface area contributed by atoms with Crippen LogP contribution in [0.3, 0.4) is 0 Å². The van der Waals surface area contributed by atoms with Crippen molar-refractivity contribution in [3.05, 3.63) is 105 Å². The molecule has 1 amide bonds. The van der Waals surface area contributed by atoms with Crippen LogP contribution in [0.1, 0.15) is 16.7 Å². The molecule has 0 fully saturated rings. The van der Waals surface area contributed by atoms with E-state index < -0.39 is 55.1 Å². The van der Waals surface area contributed by atoms with Gasteiger partial charge in [-0.1, -0.05) is 36.4 Å². The summed E-state index contributed by atoms with van der Waals surface area (Å²) in [6.45, 7) is -1.57. The molecule has 0 aliphatic rings. The number of aromatic nitrogens is 4. The number of hydrogen-bond acceptors (Lipinski definition) is 12. The number of nitrogens with zero attached hydrogens (tertiary/aromatic N) is 5. The van der Waals surface area contributed by atoms with Crippen LogP contribution in [0.2, 0.25) is 0 Å². The molecule has 17 nitrogen and oxygen atoms in total. The average molecular weight is 908 g/mol. The highest BCUT2D eigenvalue weighted by Crippen LogP contribution is 2.38. The lowest BCUT2D eigenvalue weighted by molar-refractivity contribution is 0.190. The Morgan fingerprint density at radius 1 is 0.818 bits per heavy atom. The second-order valence-electron chi connectivity index (χ2n) is 11.9. The number of halogens is 1. The van der Waals surface area contributed by atoms with Crippen LogP contribution in [0.4, 0.5) is 4.79 Å². The third-order valence-electron chi connectivity index (χ3n) is 8.20. The molecule has 0 bridgehead atoms. The number of carbonyl (C=O) groups is 1. The van der Waals surface area contributed by atoms with E-state index in [9.17, 15) is 18.3 Å². The lowest BCUT2D eigenvalue weighted by Crippen LogP contribution is -2.46. The van der Waals surface area contributed by atoms with E-state index in [-0.39, 0.29) is 31.0 Å². The summed E-state index contributed by atoms with van der Waals surface area (Å²) in [6, 6.07) is 21.8. The Labute approximate surface area is 331 Å². The molecule has 4 aromatic carbocycles. The van der Waals surface area contributed by atoms with Gasteiger partial charge in [-0.05, 0) is 93.0 Å². The van der Waals surface area contributed by atoms with E-state index >= 15 is 8.42 Å². The van der Waals surface area contributed by atoms with Gasteiger partial charge in [-0.3, -0.25) is 0 Å². The minimum Gasteiger partial charge on any atom is -0.497 e.